The molecule has 86 valence electrons. The molecule has 0 radical (unpaired) electrons. The Morgan fingerprint density at radius 2 is 2.29 bits per heavy atom. The van der Waals surface area contributed by atoms with Gasteiger partial charge in [0.25, 0.3) is 0 Å². The lowest BCUT2D eigenvalue weighted by Crippen LogP contribution is -1.95. The fourth-order valence-electron chi connectivity index (χ4n) is 1.86. The van der Waals surface area contributed by atoms with Gasteiger partial charge in [-0.15, -0.1) is 0 Å². The van der Waals surface area contributed by atoms with Crippen molar-refractivity contribution in [1.82, 2.24) is 20.3 Å². The first-order valence-electron chi connectivity index (χ1n) is 5.26. The predicted octanol–water partition coefficient (Wildman–Crippen LogP) is 1.38. The molecule has 3 aromatic rings. The number of hydrogen-bond acceptors (Lipinski definition) is 5. The van der Waals surface area contributed by atoms with Gasteiger partial charge in [-0.3, -0.25) is 5.10 Å². The third-order valence-corrected chi connectivity index (χ3v) is 2.65. The van der Waals surface area contributed by atoms with Crippen molar-refractivity contribution in [2.45, 2.75) is 13.5 Å². The molecule has 0 amide bonds. The van der Waals surface area contributed by atoms with E-state index in [0.29, 0.717) is 11.7 Å². The van der Waals surface area contributed by atoms with Crippen LogP contribution in [0.5, 0.6) is 0 Å². The molecular weight excluding hydrogens is 218 g/mol. The molecule has 2 aromatic heterocycles. The van der Waals surface area contributed by atoms with E-state index in [1.165, 1.54) is 0 Å². The molecule has 6 heteroatoms. The van der Waals surface area contributed by atoms with Crippen LogP contribution in [0.2, 0.25) is 0 Å². The Labute approximate surface area is 96.8 Å². The number of nitrogens with two attached hydrogens (primary N) is 1. The van der Waals surface area contributed by atoms with Crippen LogP contribution >= 0.6 is 0 Å². The largest absolute Gasteiger partial charge is 0.338 e. The molecule has 0 saturated heterocycles. The van der Waals surface area contributed by atoms with Gasteiger partial charge in [0.15, 0.2) is 0 Å². The Balaban J connectivity index is 2.25. The second kappa shape index (κ2) is 3.67. The zero-order chi connectivity index (χ0) is 11.8. The minimum atomic E-state index is 0.243. The Morgan fingerprint density at radius 3 is 3.06 bits per heavy atom. The first-order chi connectivity index (χ1) is 8.29. The number of H-pyrrole nitrogens is 1. The average molecular weight is 229 g/mol. The SMILES string of the molecule is Cc1[nH]nc2cccc(-c3noc(CN)n3)c12. The van der Waals surface area contributed by atoms with Crippen molar-refractivity contribution in [3.63, 3.8) is 0 Å². The quantitative estimate of drug-likeness (QED) is 0.692. The average Bonchev–Trinajstić information content (AvgIpc) is 2.96. The standard InChI is InChI=1S/C11H11N5O/c1-6-10-7(3-2-4-8(10)15-14-6)11-13-9(5-12)17-16-11/h2-4H,5,12H2,1H3,(H,14,15). The molecule has 0 aliphatic carbocycles. The number of nitrogens with zero attached hydrogens (tertiary/aromatic N) is 3. The number of rotatable bonds is 2. The maximum atomic E-state index is 5.45. The molecule has 0 aliphatic heterocycles. The normalized spacial score (nSPS) is 11.2. The summed E-state index contributed by atoms with van der Waals surface area (Å²) in [5.74, 6) is 0.971. The monoisotopic (exact) mass is 229 g/mol. The molecule has 0 unspecified atom stereocenters. The zero-order valence-electron chi connectivity index (χ0n) is 9.27. The van der Waals surface area contributed by atoms with Crippen LogP contribution in [-0.4, -0.2) is 20.3 Å². The molecule has 3 rings (SSSR count). The van der Waals surface area contributed by atoms with Crippen LogP contribution in [-0.2, 0) is 6.54 Å². The smallest absolute Gasteiger partial charge is 0.240 e. The Kier molecular flexibility index (Phi) is 2.15. The van der Waals surface area contributed by atoms with Gasteiger partial charge in [0.05, 0.1) is 12.1 Å². The van der Waals surface area contributed by atoms with Crippen LogP contribution in [0.3, 0.4) is 0 Å². The van der Waals surface area contributed by atoms with Crippen molar-refractivity contribution >= 4 is 10.9 Å². The van der Waals surface area contributed by atoms with Crippen molar-refractivity contribution in [2.24, 2.45) is 5.73 Å². The molecule has 0 saturated carbocycles. The zero-order valence-corrected chi connectivity index (χ0v) is 9.27. The van der Waals surface area contributed by atoms with Crippen LogP contribution in [0.4, 0.5) is 0 Å². The first kappa shape index (κ1) is 9.98. The van der Waals surface area contributed by atoms with Crippen LogP contribution < -0.4 is 5.73 Å². The summed E-state index contributed by atoms with van der Waals surface area (Å²) in [5, 5.41) is 12.1. The van der Waals surface area contributed by atoms with Gasteiger partial charge >= 0.3 is 0 Å². The third kappa shape index (κ3) is 1.50. The van der Waals surface area contributed by atoms with Crippen LogP contribution in [0.1, 0.15) is 11.6 Å². The van der Waals surface area contributed by atoms with Crippen molar-refractivity contribution in [3.8, 4) is 11.4 Å². The van der Waals surface area contributed by atoms with E-state index in [1.54, 1.807) is 0 Å². The number of aromatic nitrogens is 4. The second-order valence-corrected chi connectivity index (χ2v) is 3.76. The number of hydrogen-bond donors (Lipinski definition) is 2. The van der Waals surface area contributed by atoms with Gasteiger partial charge in [0.1, 0.15) is 0 Å². The fourth-order valence-corrected chi connectivity index (χ4v) is 1.86. The van der Waals surface area contributed by atoms with E-state index < -0.39 is 0 Å². The highest BCUT2D eigenvalue weighted by atomic mass is 16.5. The summed E-state index contributed by atoms with van der Waals surface area (Å²) in [7, 11) is 0. The van der Waals surface area contributed by atoms with Crippen LogP contribution in [0, 0.1) is 6.92 Å². The van der Waals surface area contributed by atoms with Crippen LogP contribution in [0.25, 0.3) is 22.3 Å². The van der Waals surface area contributed by atoms with E-state index >= 15 is 0 Å². The van der Waals surface area contributed by atoms with Gasteiger partial charge in [0, 0.05) is 16.6 Å². The van der Waals surface area contributed by atoms with E-state index in [4.69, 9.17) is 10.3 Å². The maximum absolute atomic E-state index is 5.45. The van der Waals surface area contributed by atoms with Gasteiger partial charge in [-0.25, -0.2) is 0 Å². The topological polar surface area (TPSA) is 93.6 Å². The van der Waals surface area contributed by atoms with Crippen molar-refractivity contribution in [1.29, 1.82) is 0 Å². The molecular formula is C11H11N5O. The lowest BCUT2D eigenvalue weighted by Gasteiger charge is -1.97. The van der Waals surface area contributed by atoms with Gasteiger partial charge in [-0.2, -0.15) is 10.1 Å². The van der Waals surface area contributed by atoms with Gasteiger partial charge in [-0.05, 0) is 13.0 Å². The highest BCUT2D eigenvalue weighted by Crippen LogP contribution is 2.27. The maximum Gasteiger partial charge on any atom is 0.240 e. The van der Waals surface area contributed by atoms with E-state index in [-0.39, 0.29) is 6.54 Å². The number of nitrogens with one attached hydrogen (secondary N) is 1. The van der Waals surface area contributed by atoms with Crippen molar-refractivity contribution < 1.29 is 4.52 Å². The molecule has 0 spiro atoms. The van der Waals surface area contributed by atoms with Crippen molar-refractivity contribution in [2.75, 3.05) is 0 Å². The van der Waals surface area contributed by atoms with Gasteiger partial charge in [0.2, 0.25) is 11.7 Å². The van der Waals surface area contributed by atoms with E-state index in [1.807, 2.05) is 25.1 Å². The second-order valence-electron chi connectivity index (χ2n) is 3.76. The first-order valence-corrected chi connectivity index (χ1v) is 5.26. The third-order valence-electron chi connectivity index (χ3n) is 2.65. The number of aromatic amines is 1. The van der Waals surface area contributed by atoms with Crippen molar-refractivity contribution in [3.05, 3.63) is 29.8 Å². The molecule has 3 N–H and O–H groups in total. The highest BCUT2D eigenvalue weighted by molar-refractivity contribution is 5.94. The lowest BCUT2D eigenvalue weighted by molar-refractivity contribution is 0.380. The molecule has 6 nitrogen and oxygen atoms in total. The summed E-state index contributed by atoms with van der Waals surface area (Å²) < 4.78 is 5.02. The highest BCUT2D eigenvalue weighted by Gasteiger charge is 2.13. The summed E-state index contributed by atoms with van der Waals surface area (Å²) in [6.07, 6.45) is 0. The molecule has 17 heavy (non-hydrogen) atoms. The lowest BCUT2D eigenvalue weighted by atomic mass is 10.1. The van der Waals surface area contributed by atoms with Crippen LogP contribution in [0.15, 0.2) is 22.7 Å². The summed E-state index contributed by atoms with van der Waals surface area (Å²) in [4.78, 5) is 4.23. The summed E-state index contributed by atoms with van der Waals surface area (Å²) in [6, 6.07) is 5.79. The number of fused-ring (bicyclic) bond motifs is 1. The minimum absolute atomic E-state index is 0.243. The van der Waals surface area contributed by atoms with Gasteiger partial charge in [-0.1, -0.05) is 17.3 Å². The molecule has 1 aromatic carbocycles. The molecule has 0 bridgehead atoms. The minimum Gasteiger partial charge on any atom is -0.338 e. The number of aryl methyl sites for hydroxylation is 1. The summed E-state index contributed by atoms with van der Waals surface area (Å²) >= 11 is 0. The number of benzene rings is 1. The molecule has 0 fully saturated rings. The fraction of sp³-hybridized carbons (Fsp3) is 0.182. The van der Waals surface area contributed by atoms with Gasteiger partial charge < -0.3 is 10.3 Å². The Hall–Kier alpha value is -2.21. The van der Waals surface area contributed by atoms with E-state index in [2.05, 4.69) is 20.3 Å². The predicted molar refractivity (Wildman–Crippen MR) is 62.0 cm³/mol. The Bertz CT molecular complexity index is 669. The Morgan fingerprint density at radius 1 is 1.41 bits per heavy atom. The molecule has 0 atom stereocenters. The van der Waals surface area contributed by atoms with E-state index in [9.17, 15) is 0 Å². The molecule has 2 heterocycles. The molecule has 0 aliphatic rings. The summed E-state index contributed by atoms with van der Waals surface area (Å²) in [6.45, 7) is 2.20. The summed E-state index contributed by atoms with van der Waals surface area (Å²) in [5.41, 5.74) is 8.22. The van der Waals surface area contributed by atoms with E-state index in [0.717, 1.165) is 22.2 Å².